The van der Waals surface area contributed by atoms with Gasteiger partial charge in [-0.3, -0.25) is 4.79 Å². The first-order valence-electron chi connectivity index (χ1n) is 2.68. The average Bonchev–Trinajstić information content (AvgIpc) is 1.95. The highest BCUT2D eigenvalue weighted by Gasteiger charge is 1.95. The van der Waals surface area contributed by atoms with E-state index in [1.54, 1.807) is 18.2 Å². The third-order valence-corrected chi connectivity index (χ3v) is 1.94. The van der Waals surface area contributed by atoms with E-state index in [9.17, 15) is 4.79 Å². The lowest BCUT2D eigenvalue weighted by Crippen LogP contribution is -1.78. The number of carbonyl (C=O) groups excluding carboxylic acids is 1. The largest absolute Gasteiger partial charge is 0.298 e. The van der Waals surface area contributed by atoms with Crippen molar-refractivity contribution >= 4 is 30.5 Å². The molecule has 0 radical (unpaired) electrons. The van der Waals surface area contributed by atoms with E-state index in [0.29, 0.717) is 15.5 Å². The van der Waals surface area contributed by atoms with Gasteiger partial charge in [-0.25, -0.2) is 0 Å². The lowest BCUT2D eigenvalue weighted by molar-refractivity contribution is 0.112. The highest BCUT2D eigenvalue weighted by molar-refractivity contribution is 7.80. The Kier molecular flexibility index (Phi) is 2.35. The van der Waals surface area contributed by atoms with Crippen LogP contribution in [0.15, 0.2) is 23.1 Å². The molecular weight excluding hydrogens is 168 g/mol. The minimum atomic E-state index is 0.507. The number of hydrogen-bond donors (Lipinski definition) is 1. The quantitative estimate of drug-likeness (QED) is 0.509. The molecule has 1 nitrogen and oxygen atoms in total. The Labute approximate surface area is 69.4 Å². The molecule has 0 heterocycles. The van der Waals surface area contributed by atoms with E-state index >= 15 is 0 Å². The molecule has 1 aromatic carbocycles. The van der Waals surface area contributed by atoms with Gasteiger partial charge in [0.25, 0.3) is 0 Å². The fourth-order valence-electron chi connectivity index (χ4n) is 0.596. The van der Waals surface area contributed by atoms with Crippen molar-refractivity contribution in [3.8, 4) is 0 Å². The maximum atomic E-state index is 10.2. The molecule has 0 aliphatic carbocycles. The van der Waals surface area contributed by atoms with E-state index in [0.717, 1.165) is 6.29 Å². The fourth-order valence-corrected chi connectivity index (χ4v) is 0.925. The molecule has 0 bridgehead atoms. The molecule has 0 spiro atoms. The lowest BCUT2D eigenvalue weighted by atomic mass is 10.2. The Morgan fingerprint density at radius 2 is 2.20 bits per heavy atom. The zero-order valence-corrected chi connectivity index (χ0v) is 6.69. The number of carbonyl (C=O) groups is 1. The van der Waals surface area contributed by atoms with Crippen molar-refractivity contribution in [3.63, 3.8) is 0 Å². The van der Waals surface area contributed by atoms with Crippen LogP contribution in [0.2, 0.25) is 5.02 Å². The van der Waals surface area contributed by atoms with Gasteiger partial charge in [0, 0.05) is 10.5 Å². The van der Waals surface area contributed by atoms with Gasteiger partial charge < -0.3 is 0 Å². The number of aldehydes is 1. The molecule has 0 aliphatic rings. The van der Waals surface area contributed by atoms with Crippen LogP contribution in [0.25, 0.3) is 0 Å². The van der Waals surface area contributed by atoms with Gasteiger partial charge in [0.15, 0.2) is 0 Å². The van der Waals surface area contributed by atoms with Gasteiger partial charge in [0.05, 0.1) is 5.02 Å². The van der Waals surface area contributed by atoms with Gasteiger partial charge in [-0.2, -0.15) is 0 Å². The molecule has 0 saturated heterocycles. The summed E-state index contributed by atoms with van der Waals surface area (Å²) in [5.74, 6) is 0. The second-order valence-electron chi connectivity index (χ2n) is 1.83. The Hall–Kier alpha value is -0.470. The summed E-state index contributed by atoms with van der Waals surface area (Å²) in [6.45, 7) is 0. The van der Waals surface area contributed by atoms with Crippen LogP contribution in [-0.2, 0) is 0 Å². The maximum absolute atomic E-state index is 10.2. The van der Waals surface area contributed by atoms with Crippen LogP contribution < -0.4 is 0 Å². The zero-order chi connectivity index (χ0) is 7.56. The molecular formula is C7H5ClOS. The second-order valence-corrected chi connectivity index (χ2v) is 2.72. The van der Waals surface area contributed by atoms with Gasteiger partial charge in [-0.15, -0.1) is 12.6 Å². The summed E-state index contributed by atoms with van der Waals surface area (Å²) in [5, 5.41) is 0.507. The van der Waals surface area contributed by atoms with E-state index < -0.39 is 0 Å². The van der Waals surface area contributed by atoms with E-state index in [1.807, 2.05) is 0 Å². The summed E-state index contributed by atoms with van der Waals surface area (Å²) in [4.78, 5) is 10.9. The SMILES string of the molecule is O=Cc1ccc(S)c(Cl)c1. The molecule has 52 valence electrons. The molecule has 1 aromatic rings. The molecule has 0 aliphatic heterocycles. The Morgan fingerprint density at radius 3 is 2.70 bits per heavy atom. The first-order chi connectivity index (χ1) is 4.74. The first-order valence-corrected chi connectivity index (χ1v) is 3.50. The molecule has 0 saturated carbocycles. The van der Waals surface area contributed by atoms with Crippen LogP contribution in [0, 0.1) is 0 Å². The smallest absolute Gasteiger partial charge is 0.150 e. The van der Waals surface area contributed by atoms with Gasteiger partial charge in [0.1, 0.15) is 6.29 Å². The number of thiol groups is 1. The average molecular weight is 173 g/mol. The van der Waals surface area contributed by atoms with Crippen LogP contribution >= 0.6 is 24.2 Å². The third-order valence-electron chi connectivity index (χ3n) is 1.11. The molecule has 0 amide bonds. The Morgan fingerprint density at radius 1 is 1.50 bits per heavy atom. The Balaban J connectivity index is 3.16. The molecule has 0 fully saturated rings. The van der Waals surface area contributed by atoms with Crippen LogP contribution in [0.3, 0.4) is 0 Å². The summed E-state index contributed by atoms with van der Waals surface area (Å²) >= 11 is 9.69. The number of rotatable bonds is 1. The summed E-state index contributed by atoms with van der Waals surface area (Å²) in [7, 11) is 0. The predicted molar refractivity (Wildman–Crippen MR) is 44.1 cm³/mol. The van der Waals surface area contributed by atoms with Crippen LogP contribution in [-0.4, -0.2) is 6.29 Å². The Bertz CT molecular complexity index is 260. The van der Waals surface area contributed by atoms with Crippen molar-refractivity contribution in [2.24, 2.45) is 0 Å². The molecule has 0 N–H and O–H groups in total. The standard InChI is InChI=1S/C7H5ClOS/c8-6-3-5(4-9)1-2-7(6)10/h1-4,10H. The van der Waals surface area contributed by atoms with Crippen molar-refractivity contribution in [2.45, 2.75) is 4.90 Å². The summed E-state index contributed by atoms with van der Waals surface area (Å²) in [6.07, 6.45) is 0.749. The van der Waals surface area contributed by atoms with Crippen LogP contribution in [0.1, 0.15) is 10.4 Å². The number of benzene rings is 1. The van der Waals surface area contributed by atoms with E-state index in [1.165, 1.54) is 0 Å². The predicted octanol–water partition coefficient (Wildman–Crippen LogP) is 2.44. The third kappa shape index (κ3) is 1.52. The number of hydrogen-bond acceptors (Lipinski definition) is 2. The van der Waals surface area contributed by atoms with Crippen molar-refractivity contribution < 1.29 is 4.79 Å². The molecule has 0 atom stereocenters. The summed E-state index contributed by atoms with van der Waals surface area (Å²) < 4.78 is 0. The molecule has 10 heavy (non-hydrogen) atoms. The molecule has 0 unspecified atom stereocenters. The van der Waals surface area contributed by atoms with Crippen LogP contribution in [0.5, 0.6) is 0 Å². The van der Waals surface area contributed by atoms with Gasteiger partial charge in [-0.05, 0) is 12.1 Å². The second kappa shape index (κ2) is 3.08. The minimum absolute atomic E-state index is 0.507. The number of halogens is 1. The minimum Gasteiger partial charge on any atom is -0.298 e. The normalized spacial score (nSPS) is 9.40. The van der Waals surface area contributed by atoms with Crippen molar-refractivity contribution in [2.75, 3.05) is 0 Å². The van der Waals surface area contributed by atoms with E-state index in [-0.39, 0.29) is 0 Å². The van der Waals surface area contributed by atoms with Crippen molar-refractivity contribution in [1.29, 1.82) is 0 Å². The highest BCUT2D eigenvalue weighted by atomic mass is 35.5. The summed E-state index contributed by atoms with van der Waals surface area (Å²) in [5.41, 5.74) is 0.572. The molecule has 0 aromatic heterocycles. The first kappa shape index (κ1) is 7.63. The summed E-state index contributed by atoms with van der Waals surface area (Å²) in [6, 6.07) is 4.94. The maximum Gasteiger partial charge on any atom is 0.150 e. The van der Waals surface area contributed by atoms with E-state index in [4.69, 9.17) is 11.6 Å². The monoisotopic (exact) mass is 172 g/mol. The zero-order valence-electron chi connectivity index (χ0n) is 5.04. The van der Waals surface area contributed by atoms with Crippen LogP contribution in [0.4, 0.5) is 0 Å². The van der Waals surface area contributed by atoms with E-state index in [2.05, 4.69) is 12.6 Å². The lowest BCUT2D eigenvalue weighted by Gasteiger charge is -1.94. The topological polar surface area (TPSA) is 17.1 Å². The fraction of sp³-hybridized carbons (Fsp3) is 0. The van der Waals surface area contributed by atoms with Crippen molar-refractivity contribution in [3.05, 3.63) is 28.8 Å². The molecule has 1 rings (SSSR count). The van der Waals surface area contributed by atoms with Gasteiger partial charge >= 0.3 is 0 Å². The highest BCUT2D eigenvalue weighted by Crippen LogP contribution is 2.19. The van der Waals surface area contributed by atoms with Gasteiger partial charge in [-0.1, -0.05) is 17.7 Å². The van der Waals surface area contributed by atoms with Gasteiger partial charge in [0.2, 0.25) is 0 Å². The molecule has 3 heteroatoms. The van der Waals surface area contributed by atoms with Crippen molar-refractivity contribution in [1.82, 2.24) is 0 Å².